The maximum Gasteiger partial charge on any atom is 0.289 e. The quantitative estimate of drug-likeness (QED) is 0.744. The molecule has 0 spiro atoms. The lowest BCUT2D eigenvalue weighted by Crippen LogP contribution is -1.91. The summed E-state index contributed by atoms with van der Waals surface area (Å²) < 4.78 is 29.3. The van der Waals surface area contributed by atoms with Crippen LogP contribution < -0.4 is 4.74 Å². The van der Waals surface area contributed by atoms with Gasteiger partial charge in [-0.2, -0.15) is 14.0 Å². The van der Waals surface area contributed by atoms with Gasteiger partial charge >= 0.3 is 0 Å². The van der Waals surface area contributed by atoms with Gasteiger partial charge in [0.05, 0.1) is 24.5 Å². The zero-order valence-corrected chi connectivity index (χ0v) is 8.85. The van der Waals surface area contributed by atoms with Crippen molar-refractivity contribution in [3.05, 3.63) is 23.8 Å². The van der Waals surface area contributed by atoms with Gasteiger partial charge < -0.3 is 4.74 Å². The van der Waals surface area contributed by atoms with Gasteiger partial charge in [0.25, 0.3) is 5.76 Å². The minimum absolute atomic E-state index is 0.209. The van der Waals surface area contributed by atoms with E-state index in [2.05, 4.69) is 0 Å². The number of thioether (sulfide) groups is 1. The molecule has 0 radical (unpaired) electrons. The number of nitriles is 1. The second-order valence-electron chi connectivity index (χ2n) is 2.70. The molecule has 0 unspecified atom stereocenters. The number of methoxy groups -OCH3 is 1. The van der Waals surface area contributed by atoms with E-state index in [-0.39, 0.29) is 6.42 Å². The number of nitrogens with zero attached hydrogens (tertiary/aromatic N) is 1. The molecule has 0 saturated carbocycles. The summed E-state index contributed by atoms with van der Waals surface area (Å²) in [5, 5.41) is 8.48. The van der Waals surface area contributed by atoms with E-state index in [1.165, 1.54) is 7.11 Å². The van der Waals surface area contributed by atoms with Gasteiger partial charge in [0.2, 0.25) is 0 Å². The van der Waals surface area contributed by atoms with Crippen LogP contribution in [0.3, 0.4) is 0 Å². The van der Waals surface area contributed by atoms with Gasteiger partial charge in [0, 0.05) is 0 Å². The van der Waals surface area contributed by atoms with E-state index < -0.39 is 5.76 Å². The Bertz CT molecular complexity index is 376. The molecule has 1 aromatic rings. The van der Waals surface area contributed by atoms with Crippen LogP contribution in [0.2, 0.25) is 0 Å². The van der Waals surface area contributed by atoms with Crippen molar-refractivity contribution in [1.82, 2.24) is 0 Å². The first kappa shape index (κ1) is 11.8. The highest BCUT2D eigenvalue weighted by atomic mass is 32.2. The van der Waals surface area contributed by atoms with Gasteiger partial charge in [-0.15, -0.1) is 0 Å². The van der Waals surface area contributed by atoms with Crippen molar-refractivity contribution in [3.63, 3.8) is 0 Å². The average Bonchev–Trinajstić information content (AvgIpc) is 2.18. The molecule has 0 heterocycles. The van der Waals surface area contributed by atoms with Crippen LogP contribution in [0.1, 0.15) is 5.56 Å². The molecule has 0 aliphatic carbocycles. The number of rotatable bonds is 4. The summed E-state index contributed by atoms with van der Waals surface area (Å²) in [5.41, 5.74) is 0.710. The molecule has 0 N–H and O–H groups in total. The summed E-state index contributed by atoms with van der Waals surface area (Å²) in [6.45, 7) is 0. The van der Waals surface area contributed by atoms with Crippen molar-refractivity contribution in [3.8, 4) is 11.8 Å². The molecule has 15 heavy (non-hydrogen) atoms. The van der Waals surface area contributed by atoms with Crippen molar-refractivity contribution in [2.45, 2.75) is 17.1 Å². The predicted octanol–water partition coefficient (Wildman–Crippen LogP) is 3.08. The van der Waals surface area contributed by atoms with Crippen molar-refractivity contribution >= 4 is 11.8 Å². The van der Waals surface area contributed by atoms with E-state index in [4.69, 9.17) is 10.00 Å². The van der Waals surface area contributed by atoms with E-state index in [0.29, 0.717) is 28.0 Å². The molecule has 5 heteroatoms. The third kappa shape index (κ3) is 3.40. The zero-order valence-electron chi connectivity index (χ0n) is 8.04. The smallest absolute Gasteiger partial charge is 0.289 e. The van der Waals surface area contributed by atoms with E-state index in [9.17, 15) is 8.78 Å². The lowest BCUT2D eigenvalue weighted by Gasteiger charge is -2.08. The van der Waals surface area contributed by atoms with Crippen LogP contribution in [0.15, 0.2) is 23.1 Å². The van der Waals surface area contributed by atoms with Crippen LogP contribution in [0.4, 0.5) is 8.78 Å². The van der Waals surface area contributed by atoms with Crippen LogP contribution in [0.25, 0.3) is 0 Å². The summed E-state index contributed by atoms with van der Waals surface area (Å²) in [7, 11) is 1.43. The molecule has 0 fully saturated rings. The summed E-state index contributed by atoms with van der Waals surface area (Å²) in [6.07, 6.45) is 0.209. The third-order valence-electron chi connectivity index (χ3n) is 1.73. The molecule has 0 aliphatic heterocycles. The van der Waals surface area contributed by atoms with Crippen LogP contribution in [-0.2, 0) is 6.42 Å². The fourth-order valence-corrected chi connectivity index (χ4v) is 1.79. The number of ether oxygens (including phenoxy) is 1. The molecule has 0 aliphatic rings. The maximum absolute atomic E-state index is 12.2. The third-order valence-corrected chi connectivity index (χ3v) is 2.48. The van der Waals surface area contributed by atoms with E-state index in [0.717, 1.165) is 0 Å². The van der Waals surface area contributed by atoms with Crippen LogP contribution in [0, 0.1) is 11.3 Å². The molecular weight excluding hydrogens is 220 g/mol. The van der Waals surface area contributed by atoms with Crippen molar-refractivity contribution in [2.75, 3.05) is 7.11 Å². The van der Waals surface area contributed by atoms with Crippen LogP contribution in [-0.4, -0.2) is 12.9 Å². The molecule has 1 rings (SSSR count). The van der Waals surface area contributed by atoms with E-state index in [1.54, 1.807) is 18.2 Å². The van der Waals surface area contributed by atoms with Crippen LogP contribution >= 0.6 is 11.8 Å². The standard InChI is InChI=1S/C10H9F2NOS/c1-14-8-3-2-7(4-5-13)6-9(8)15-10(11)12/h2-3,6,10H,4H2,1H3. The van der Waals surface area contributed by atoms with Gasteiger partial charge in [-0.1, -0.05) is 17.8 Å². The largest absolute Gasteiger partial charge is 0.496 e. The Morgan fingerprint density at radius 2 is 2.27 bits per heavy atom. The minimum atomic E-state index is -2.49. The van der Waals surface area contributed by atoms with Crippen molar-refractivity contribution in [1.29, 1.82) is 5.26 Å². The van der Waals surface area contributed by atoms with Crippen molar-refractivity contribution < 1.29 is 13.5 Å². The number of alkyl halides is 2. The molecule has 0 saturated heterocycles. The highest BCUT2D eigenvalue weighted by Crippen LogP contribution is 2.34. The predicted molar refractivity (Wildman–Crippen MR) is 54.2 cm³/mol. The lowest BCUT2D eigenvalue weighted by molar-refractivity contribution is 0.251. The van der Waals surface area contributed by atoms with Crippen LogP contribution in [0.5, 0.6) is 5.75 Å². The Hall–Kier alpha value is -1.28. The molecule has 0 aromatic heterocycles. The number of hydrogen-bond donors (Lipinski definition) is 0. The number of benzene rings is 1. The maximum atomic E-state index is 12.2. The Balaban J connectivity index is 2.97. The number of halogens is 2. The molecule has 0 bridgehead atoms. The van der Waals surface area contributed by atoms with Gasteiger partial charge in [-0.25, -0.2) is 0 Å². The molecule has 2 nitrogen and oxygen atoms in total. The topological polar surface area (TPSA) is 33.0 Å². The van der Waals surface area contributed by atoms with E-state index >= 15 is 0 Å². The Kier molecular flexibility index (Phi) is 4.37. The minimum Gasteiger partial charge on any atom is -0.496 e. The summed E-state index contributed by atoms with van der Waals surface area (Å²) in [5.74, 6) is -2.08. The summed E-state index contributed by atoms with van der Waals surface area (Å²) >= 11 is 0.422. The normalized spacial score (nSPS) is 10.1. The Morgan fingerprint density at radius 1 is 1.53 bits per heavy atom. The summed E-state index contributed by atoms with van der Waals surface area (Å²) in [4.78, 5) is 0.361. The second kappa shape index (κ2) is 5.56. The van der Waals surface area contributed by atoms with Crippen molar-refractivity contribution in [2.24, 2.45) is 0 Å². The number of hydrogen-bond acceptors (Lipinski definition) is 3. The Morgan fingerprint density at radius 3 is 2.80 bits per heavy atom. The second-order valence-corrected chi connectivity index (χ2v) is 3.73. The zero-order chi connectivity index (χ0) is 11.3. The first-order chi connectivity index (χ1) is 7.17. The molecule has 80 valence electrons. The molecule has 1 aromatic carbocycles. The van der Waals surface area contributed by atoms with E-state index in [1.807, 2.05) is 6.07 Å². The first-order valence-corrected chi connectivity index (χ1v) is 5.04. The lowest BCUT2D eigenvalue weighted by atomic mass is 10.2. The first-order valence-electron chi connectivity index (χ1n) is 4.16. The Labute approximate surface area is 90.9 Å². The van der Waals surface area contributed by atoms with Gasteiger partial charge in [0.15, 0.2) is 0 Å². The summed E-state index contributed by atoms with van der Waals surface area (Å²) in [6, 6.07) is 6.81. The van der Waals surface area contributed by atoms with Gasteiger partial charge in [0.1, 0.15) is 5.75 Å². The monoisotopic (exact) mass is 229 g/mol. The fraction of sp³-hybridized carbons (Fsp3) is 0.300. The molecule has 0 amide bonds. The molecule has 0 atom stereocenters. The highest BCUT2D eigenvalue weighted by Gasteiger charge is 2.11. The molecular formula is C10H9F2NOS. The van der Waals surface area contributed by atoms with Gasteiger partial charge in [-0.05, 0) is 17.7 Å². The SMILES string of the molecule is COc1ccc(CC#N)cc1SC(F)F. The average molecular weight is 229 g/mol. The highest BCUT2D eigenvalue weighted by molar-refractivity contribution is 7.99. The fourth-order valence-electron chi connectivity index (χ4n) is 1.11. The van der Waals surface area contributed by atoms with Gasteiger partial charge in [-0.3, -0.25) is 0 Å².